The highest BCUT2D eigenvalue weighted by atomic mass is 19.1. The van der Waals surface area contributed by atoms with Crippen molar-refractivity contribution in [3.8, 4) is 23.0 Å². The number of nitrogens with zero attached hydrogens (tertiary/aromatic N) is 8. The van der Waals surface area contributed by atoms with E-state index in [2.05, 4.69) is 55.3 Å². The lowest BCUT2D eigenvalue weighted by atomic mass is 9.88. The normalized spacial score (nSPS) is 22.3. The number of anilines is 3. The molecule has 0 spiro atoms. The Morgan fingerprint density at radius 1 is 0.827 bits per heavy atom. The van der Waals surface area contributed by atoms with E-state index in [-0.39, 0.29) is 52.2 Å². The molecule has 15 nitrogen and oxygen atoms in total. The SMILES string of the molecule is CCc1c(F)ccc2cc(O)cc(-c3ncc4c(N5CCC[C@@](C)(O)C5)nc(OCC5(CN6CCC(c7ccc(N8CCN(c9ccc%10c(c9)CN([C@H]9CCC(=O)NC9=O)C%10=O)CC8)cc7)CC6)CC5)nc4c3F)c12. The molecule has 3 N–H and O–H groups in total. The standard InChI is InChI=1S/C58H63F2N9O6/c1-3-42-46(59)12-7-37-28-41(70)29-44(49(37)42)51-50(60)52-45(30-61-51)53(68-20-4-17-57(2,74)32-68)64-56(63-52)75-34-58(18-19-58)33-65-21-15-36(16-22-65)35-5-8-39(9-6-35)66-23-25-67(26-24-66)40-10-11-43-38(27-40)31-69(55(43)73)47-13-14-48(71)62-54(47)72/h5-12,27-30,36,47,70,74H,3-4,13-26,31-34H2,1-2H3,(H,62,71,72)/t47-,57+/m0/s1. The molecule has 2 atom stereocenters. The van der Waals surface area contributed by atoms with Crippen LogP contribution in [0.25, 0.3) is 32.9 Å². The van der Waals surface area contributed by atoms with Gasteiger partial charge < -0.3 is 39.4 Å². The van der Waals surface area contributed by atoms with Crippen molar-refractivity contribution in [3.63, 3.8) is 0 Å². The van der Waals surface area contributed by atoms with Crippen LogP contribution in [0.1, 0.15) is 98.2 Å². The highest BCUT2D eigenvalue weighted by Crippen LogP contribution is 2.48. The third kappa shape index (κ3) is 9.46. The second-order valence-electron chi connectivity index (χ2n) is 22.2. The van der Waals surface area contributed by atoms with E-state index in [1.54, 1.807) is 24.0 Å². The molecule has 7 heterocycles. The van der Waals surface area contributed by atoms with Gasteiger partial charge in [0.1, 0.15) is 34.6 Å². The third-order valence-electron chi connectivity index (χ3n) is 16.9. The van der Waals surface area contributed by atoms with Crippen molar-refractivity contribution in [1.29, 1.82) is 0 Å². The van der Waals surface area contributed by atoms with Crippen molar-refractivity contribution in [2.24, 2.45) is 5.41 Å². The topological polar surface area (TPSA) is 168 Å². The number of hydrogen-bond acceptors (Lipinski definition) is 13. The summed E-state index contributed by atoms with van der Waals surface area (Å²) >= 11 is 0. The Morgan fingerprint density at radius 2 is 1.57 bits per heavy atom. The molecular formula is C58H63F2N9O6. The van der Waals surface area contributed by atoms with Crippen molar-refractivity contribution in [2.75, 3.05) is 80.2 Å². The number of halogens is 2. The van der Waals surface area contributed by atoms with Crippen LogP contribution in [0.5, 0.6) is 11.8 Å². The molecule has 390 valence electrons. The number of piperazine rings is 1. The smallest absolute Gasteiger partial charge is 0.319 e. The van der Waals surface area contributed by atoms with Gasteiger partial charge >= 0.3 is 6.01 Å². The van der Waals surface area contributed by atoms with Gasteiger partial charge in [-0.1, -0.05) is 25.1 Å². The minimum Gasteiger partial charge on any atom is -0.508 e. The number of amides is 3. The minimum absolute atomic E-state index is 0.00812. The lowest BCUT2D eigenvalue weighted by Crippen LogP contribution is -2.52. The number of β-amino-alcohol motifs (C(OH)–C–C–N with tert-alkyl or cyclic N) is 1. The number of carbonyl (C=O) groups excluding carboxylic acids is 3. The molecule has 17 heteroatoms. The van der Waals surface area contributed by atoms with Crippen molar-refractivity contribution in [3.05, 3.63) is 107 Å². The number of benzene rings is 4. The number of hydrogen-bond donors (Lipinski definition) is 3. The number of pyridine rings is 1. The number of piperidine rings is 3. The molecule has 6 aromatic rings. The number of aromatic hydroxyl groups is 1. The van der Waals surface area contributed by atoms with Gasteiger partial charge in [-0.2, -0.15) is 9.97 Å². The van der Waals surface area contributed by atoms with E-state index in [1.165, 1.54) is 29.6 Å². The molecule has 2 aromatic heterocycles. The summed E-state index contributed by atoms with van der Waals surface area (Å²) in [7, 11) is 0. The second kappa shape index (κ2) is 19.3. The van der Waals surface area contributed by atoms with Crippen LogP contribution in [0.4, 0.5) is 26.0 Å². The molecule has 1 saturated carbocycles. The van der Waals surface area contributed by atoms with Crippen LogP contribution >= 0.6 is 0 Å². The summed E-state index contributed by atoms with van der Waals surface area (Å²) in [5.74, 6) is -1.17. The van der Waals surface area contributed by atoms with Crippen molar-refractivity contribution < 1.29 is 38.1 Å². The van der Waals surface area contributed by atoms with Crippen LogP contribution in [-0.4, -0.2) is 130 Å². The van der Waals surface area contributed by atoms with Crippen LogP contribution in [0.2, 0.25) is 0 Å². The molecule has 12 rings (SSSR count). The number of aryl methyl sites for hydroxylation is 1. The Balaban J connectivity index is 0.678. The van der Waals surface area contributed by atoms with Crippen LogP contribution in [0.3, 0.4) is 0 Å². The van der Waals surface area contributed by atoms with Gasteiger partial charge in [0.2, 0.25) is 11.8 Å². The first-order valence-electron chi connectivity index (χ1n) is 26.7. The Morgan fingerprint density at radius 3 is 2.29 bits per heavy atom. The number of likely N-dealkylation sites (tertiary alicyclic amines) is 1. The number of phenolic OH excluding ortho intramolecular Hbond substituents is 1. The Bertz CT molecular complexity index is 3240. The van der Waals surface area contributed by atoms with Crippen LogP contribution in [0, 0.1) is 17.0 Å². The zero-order valence-electron chi connectivity index (χ0n) is 42.6. The number of fused-ring (bicyclic) bond motifs is 3. The maximum Gasteiger partial charge on any atom is 0.319 e. The van der Waals surface area contributed by atoms with Gasteiger partial charge in [0.25, 0.3) is 5.91 Å². The molecule has 0 radical (unpaired) electrons. The molecule has 4 aromatic carbocycles. The van der Waals surface area contributed by atoms with E-state index in [9.17, 15) is 24.6 Å². The number of aromatic nitrogens is 3. The molecule has 0 bridgehead atoms. The van der Waals surface area contributed by atoms with Gasteiger partial charge in [-0.05, 0) is 153 Å². The van der Waals surface area contributed by atoms with Gasteiger partial charge in [0.05, 0.1) is 17.6 Å². The first-order chi connectivity index (χ1) is 36.2. The van der Waals surface area contributed by atoms with Gasteiger partial charge in [-0.15, -0.1) is 0 Å². The zero-order valence-corrected chi connectivity index (χ0v) is 42.6. The van der Waals surface area contributed by atoms with E-state index < -0.39 is 29.2 Å². The van der Waals surface area contributed by atoms with Crippen molar-refractivity contribution in [1.82, 2.24) is 30.1 Å². The quantitative estimate of drug-likeness (QED) is 0.102. The number of phenols is 1. The number of rotatable bonds is 12. The van der Waals surface area contributed by atoms with Crippen LogP contribution in [0.15, 0.2) is 72.9 Å². The lowest BCUT2D eigenvalue weighted by Gasteiger charge is -2.38. The van der Waals surface area contributed by atoms with E-state index >= 15 is 8.78 Å². The first kappa shape index (κ1) is 48.9. The maximum absolute atomic E-state index is 17.2. The minimum atomic E-state index is -0.970. The third-order valence-corrected chi connectivity index (χ3v) is 16.9. The summed E-state index contributed by atoms with van der Waals surface area (Å²) in [6.07, 6.45) is 7.93. The number of nitrogens with one attached hydrogen (secondary N) is 1. The summed E-state index contributed by atoms with van der Waals surface area (Å²) in [6.45, 7) is 11.5. The predicted molar refractivity (Wildman–Crippen MR) is 282 cm³/mol. The molecule has 0 unspecified atom stereocenters. The predicted octanol–water partition coefficient (Wildman–Crippen LogP) is 7.87. The fourth-order valence-corrected chi connectivity index (χ4v) is 12.5. The van der Waals surface area contributed by atoms with Crippen molar-refractivity contribution >= 4 is 56.6 Å². The lowest BCUT2D eigenvalue weighted by molar-refractivity contribution is -0.136. The van der Waals surface area contributed by atoms with E-state index in [1.807, 2.05) is 24.0 Å². The average molecular weight is 1020 g/mol. The molecular weight excluding hydrogens is 957 g/mol. The first-order valence-corrected chi connectivity index (χ1v) is 26.7. The molecule has 6 aliphatic rings. The highest BCUT2D eigenvalue weighted by Gasteiger charge is 2.46. The number of carbonyl (C=O) groups is 3. The molecule has 5 aliphatic heterocycles. The van der Waals surface area contributed by atoms with Crippen molar-refractivity contribution in [2.45, 2.75) is 95.7 Å². The number of ether oxygens (including phenoxy) is 1. The van der Waals surface area contributed by atoms with E-state index in [4.69, 9.17) is 14.7 Å². The van der Waals surface area contributed by atoms with Gasteiger partial charge in [0, 0.05) is 92.9 Å². The Hall–Kier alpha value is -6.98. The van der Waals surface area contributed by atoms with Crippen LogP contribution in [-0.2, 0) is 22.6 Å². The monoisotopic (exact) mass is 1020 g/mol. The summed E-state index contributed by atoms with van der Waals surface area (Å²) in [5.41, 5.74) is 4.77. The fraction of sp³-hybridized carbons (Fsp3) is 0.448. The maximum atomic E-state index is 17.2. The zero-order chi connectivity index (χ0) is 51.8. The van der Waals surface area contributed by atoms with E-state index in [0.29, 0.717) is 84.5 Å². The van der Waals surface area contributed by atoms with Gasteiger partial charge in [0.15, 0.2) is 5.82 Å². The van der Waals surface area contributed by atoms with Gasteiger partial charge in [-0.3, -0.25) is 24.7 Å². The van der Waals surface area contributed by atoms with E-state index in [0.717, 1.165) is 89.2 Å². The average Bonchev–Trinajstić information content (AvgIpc) is 4.10. The molecule has 1 aliphatic carbocycles. The molecule has 3 amide bonds. The second-order valence-corrected chi connectivity index (χ2v) is 22.2. The van der Waals surface area contributed by atoms with Gasteiger partial charge in [-0.25, -0.2) is 8.78 Å². The highest BCUT2D eigenvalue weighted by molar-refractivity contribution is 6.06. The fourth-order valence-electron chi connectivity index (χ4n) is 12.5. The largest absolute Gasteiger partial charge is 0.508 e. The summed E-state index contributed by atoms with van der Waals surface area (Å²) < 4.78 is 38.8. The summed E-state index contributed by atoms with van der Waals surface area (Å²) in [4.78, 5) is 62.5. The van der Waals surface area contributed by atoms with Crippen LogP contribution < -0.4 is 24.8 Å². The number of aliphatic hydroxyl groups is 1. The summed E-state index contributed by atoms with van der Waals surface area (Å²) in [5, 5.41) is 25.7. The summed E-state index contributed by atoms with van der Waals surface area (Å²) in [6, 6.07) is 20.4. The molecule has 4 saturated heterocycles. The molecule has 75 heavy (non-hydrogen) atoms. The Kier molecular flexibility index (Phi) is 12.6. The number of imide groups is 1. The molecule has 5 fully saturated rings. The Labute approximate surface area is 434 Å².